The van der Waals surface area contributed by atoms with Crippen LogP contribution in [0.1, 0.15) is 32.6 Å². The van der Waals surface area contributed by atoms with Crippen molar-refractivity contribution in [2.24, 2.45) is 5.41 Å². The molecule has 0 bridgehead atoms. The quantitative estimate of drug-likeness (QED) is 0.632. The van der Waals surface area contributed by atoms with E-state index in [2.05, 4.69) is 0 Å². The molecule has 0 amide bonds. The second-order valence-electron chi connectivity index (χ2n) is 3.71. The van der Waals surface area contributed by atoms with Crippen LogP contribution in [-0.2, 0) is 4.79 Å². The number of carbonyl (C=O) groups is 1. The molecule has 2 rings (SSSR count). The second-order valence-corrected chi connectivity index (χ2v) is 5.02. The molecule has 2 aliphatic rings. The first-order chi connectivity index (χ1) is 5.26. The van der Waals surface area contributed by atoms with E-state index in [0.29, 0.717) is 11.0 Å². The molecule has 1 aliphatic heterocycles. The Labute approximate surface area is 71.9 Å². The summed E-state index contributed by atoms with van der Waals surface area (Å²) in [4.78, 5) is 11.3. The highest BCUT2D eigenvalue weighted by Crippen LogP contribution is 2.56. The maximum Gasteiger partial charge on any atom is 0.137 e. The minimum atomic E-state index is 0.154. The third-order valence-electron chi connectivity index (χ3n) is 3.04. The van der Waals surface area contributed by atoms with E-state index in [9.17, 15) is 4.79 Å². The van der Waals surface area contributed by atoms with Crippen molar-refractivity contribution in [1.29, 1.82) is 0 Å². The zero-order valence-corrected chi connectivity index (χ0v) is 7.75. The van der Waals surface area contributed by atoms with Gasteiger partial charge in [-0.3, -0.25) is 4.79 Å². The molecule has 0 spiro atoms. The molecule has 1 saturated carbocycles. The number of thioether (sulfide) groups is 1. The first-order valence-electron chi connectivity index (χ1n) is 4.38. The van der Waals surface area contributed by atoms with E-state index >= 15 is 0 Å². The molecule has 2 fully saturated rings. The summed E-state index contributed by atoms with van der Waals surface area (Å²) in [5.41, 5.74) is 0.154. The summed E-state index contributed by atoms with van der Waals surface area (Å²) in [7, 11) is 0. The van der Waals surface area contributed by atoms with E-state index in [-0.39, 0.29) is 5.41 Å². The SMILES string of the molecule is CC(=O)C1(C2CCCS2)CC1. The van der Waals surface area contributed by atoms with Gasteiger partial charge in [-0.15, -0.1) is 0 Å². The molecular formula is C9H14OS. The molecule has 1 nitrogen and oxygen atoms in total. The van der Waals surface area contributed by atoms with Crippen LogP contribution >= 0.6 is 11.8 Å². The van der Waals surface area contributed by atoms with Crippen LogP contribution in [0.2, 0.25) is 0 Å². The van der Waals surface area contributed by atoms with Crippen LogP contribution in [0.3, 0.4) is 0 Å². The molecule has 1 unspecified atom stereocenters. The van der Waals surface area contributed by atoms with Crippen molar-refractivity contribution in [1.82, 2.24) is 0 Å². The minimum absolute atomic E-state index is 0.154. The summed E-state index contributed by atoms with van der Waals surface area (Å²) in [6, 6.07) is 0. The van der Waals surface area contributed by atoms with E-state index in [0.717, 1.165) is 0 Å². The lowest BCUT2D eigenvalue weighted by molar-refractivity contribution is -0.122. The average molecular weight is 170 g/mol. The Hall–Kier alpha value is 0.0200. The Bertz CT molecular complexity index is 178. The zero-order valence-electron chi connectivity index (χ0n) is 6.93. The van der Waals surface area contributed by atoms with E-state index < -0.39 is 0 Å². The average Bonchev–Trinajstić information content (AvgIpc) is 2.61. The fraction of sp³-hybridized carbons (Fsp3) is 0.889. The first-order valence-corrected chi connectivity index (χ1v) is 5.43. The van der Waals surface area contributed by atoms with E-state index in [1.165, 1.54) is 31.4 Å². The largest absolute Gasteiger partial charge is 0.299 e. The summed E-state index contributed by atoms with van der Waals surface area (Å²) in [6.07, 6.45) is 4.94. The summed E-state index contributed by atoms with van der Waals surface area (Å²) >= 11 is 2.02. The van der Waals surface area contributed by atoms with Gasteiger partial charge in [-0.2, -0.15) is 11.8 Å². The standard InChI is InChI=1S/C9H14OS/c1-7(10)9(4-5-9)8-3-2-6-11-8/h8H,2-6H2,1H3. The van der Waals surface area contributed by atoms with Crippen LogP contribution in [0.5, 0.6) is 0 Å². The van der Waals surface area contributed by atoms with Crippen molar-refractivity contribution in [2.75, 3.05) is 5.75 Å². The molecule has 1 heterocycles. The molecule has 0 aromatic rings. The van der Waals surface area contributed by atoms with Gasteiger partial charge in [0, 0.05) is 10.7 Å². The zero-order chi connectivity index (χ0) is 7.90. The highest BCUT2D eigenvalue weighted by molar-refractivity contribution is 8.00. The van der Waals surface area contributed by atoms with Gasteiger partial charge in [0.05, 0.1) is 0 Å². The van der Waals surface area contributed by atoms with Crippen molar-refractivity contribution in [3.8, 4) is 0 Å². The highest BCUT2D eigenvalue weighted by Gasteiger charge is 2.53. The lowest BCUT2D eigenvalue weighted by Crippen LogP contribution is -2.23. The van der Waals surface area contributed by atoms with Gasteiger partial charge in [0.1, 0.15) is 5.78 Å². The predicted molar refractivity (Wildman–Crippen MR) is 47.8 cm³/mol. The summed E-state index contributed by atoms with van der Waals surface area (Å²) in [6.45, 7) is 1.77. The van der Waals surface area contributed by atoms with Gasteiger partial charge in [-0.25, -0.2) is 0 Å². The van der Waals surface area contributed by atoms with Crippen molar-refractivity contribution in [3.05, 3.63) is 0 Å². The Morgan fingerprint density at radius 1 is 1.55 bits per heavy atom. The smallest absolute Gasteiger partial charge is 0.137 e. The van der Waals surface area contributed by atoms with Gasteiger partial charge in [-0.05, 0) is 38.4 Å². The highest BCUT2D eigenvalue weighted by atomic mass is 32.2. The Kier molecular flexibility index (Phi) is 1.75. The molecule has 1 aliphatic carbocycles. The Morgan fingerprint density at radius 3 is 2.64 bits per heavy atom. The molecular weight excluding hydrogens is 156 g/mol. The number of hydrogen-bond acceptors (Lipinski definition) is 2. The lowest BCUT2D eigenvalue weighted by atomic mass is 9.95. The summed E-state index contributed by atoms with van der Waals surface area (Å²) in [5, 5.41) is 0.681. The summed E-state index contributed by atoms with van der Waals surface area (Å²) < 4.78 is 0. The maximum atomic E-state index is 11.3. The van der Waals surface area contributed by atoms with Gasteiger partial charge < -0.3 is 0 Å². The lowest BCUT2D eigenvalue weighted by Gasteiger charge is -2.17. The number of Topliss-reactive ketones (excluding diaryl/α,β-unsaturated/α-hetero) is 1. The van der Waals surface area contributed by atoms with E-state index in [1.54, 1.807) is 6.92 Å². The molecule has 0 aromatic carbocycles. The third kappa shape index (κ3) is 1.12. The number of hydrogen-bond donors (Lipinski definition) is 0. The van der Waals surface area contributed by atoms with Crippen molar-refractivity contribution in [2.45, 2.75) is 37.9 Å². The second kappa shape index (κ2) is 2.51. The number of ketones is 1. The molecule has 62 valence electrons. The van der Waals surface area contributed by atoms with Crippen LogP contribution in [0.25, 0.3) is 0 Å². The fourth-order valence-electron chi connectivity index (χ4n) is 2.05. The normalized spacial score (nSPS) is 33.7. The van der Waals surface area contributed by atoms with Crippen LogP contribution < -0.4 is 0 Å². The van der Waals surface area contributed by atoms with Gasteiger partial charge in [0.25, 0.3) is 0 Å². The molecule has 11 heavy (non-hydrogen) atoms. The van der Waals surface area contributed by atoms with Crippen LogP contribution in [0, 0.1) is 5.41 Å². The molecule has 1 atom stereocenters. The Morgan fingerprint density at radius 2 is 2.27 bits per heavy atom. The molecule has 0 N–H and O–H groups in total. The maximum absolute atomic E-state index is 11.3. The first kappa shape index (κ1) is 7.66. The summed E-state index contributed by atoms with van der Waals surface area (Å²) in [5.74, 6) is 1.72. The monoisotopic (exact) mass is 170 g/mol. The molecule has 0 aromatic heterocycles. The predicted octanol–water partition coefficient (Wildman–Crippen LogP) is 2.25. The fourth-order valence-corrected chi connectivity index (χ4v) is 3.72. The van der Waals surface area contributed by atoms with Crippen LogP contribution in [0.4, 0.5) is 0 Å². The van der Waals surface area contributed by atoms with Gasteiger partial charge in [-0.1, -0.05) is 0 Å². The van der Waals surface area contributed by atoms with Gasteiger partial charge in [0.2, 0.25) is 0 Å². The van der Waals surface area contributed by atoms with Gasteiger partial charge in [0.15, 0.2) is 0 Å². The minimum Gasteiger partial charge on any atom is -0.299 e. The van der Waals surface area contributed by atoms with Crippen LogP contribution in [0.15, 0.2) is 0 Å². The number of carbonyl (C=O) groups excluding carboxylic acids is 1. The molecule has 1 saturated heterocycles. The van der Waals surface area contributed by atoms with Crippen molar-refractivity contribution >= 4 is 17.5 Å². The number of rotatable bonds is 2. The van der Waals surface area contributed by atoms with E-state index in [1.807, 2.05) is 11.8 Å². The topological polar surface area (TPSA) is 17.1 Å². The van der Waals surface area contributed by atoms with Crippen molar-refractivity contribution in [3.63, 3.8) is 0 Å². The Balaban J connectivity index is 2.07. The van der Waals surface area contributed by atoms with Crippen LogP contribution in [-0.4, -0.2) is 16.8 Å². The molecule has 0 radical (unpaired) electrons. The van der Waals surface area contributed by atoms with Gasteiger partial charge >= 0.3 is 0 Å². The van der Waals surface area contributed by atoms with E-state index in [4.69, 9.17) is 0 Å². The third-order valence-corrected chi connectivity index (χ3v) is 4.65. The molecule has 2 heteroatoms. The van der Waals surface area contributed by atoms with Crippen molar-refractivity contribution < 1.29 is 4.79 Å².